The lowest BCUT2D eigenvalue weighted by atomic mass is 10.2. The van der Waals surface area contributed by atoms with E-state index in [-0.39, 0.29) is 0 Å². The van der Waals surface area contributed by atoms with Crippen molar-refractivity contribution < 1.29 is 4.57 Å². The van der Waals surface area contributed by atoms with Gasteiger partial charge in [0.15, 0.2) is 0 Å². The molecule has 0 N–H and O–H groups in total. The maximum Gasteiger partial charge on any atom is 0.110 e. The molecule has 1 aromatic carbocycles. The molecule has 1 nitrogen and oxygen atoms in total. The third-order valence-electron chi connectivity index (χ3n) is 1.81. The van der Waals surface area contributed by atoms with Crippen LogP contribution in [0, 0.1) is 0 Å². The Kier molecular flexibility index (Phi) is 3.00. The number of benzene rings is 1. The molecule has 1 aromatic rings. The van der Waals surface area contributed by atoms with Crippen molar-refractivity contribution in [1.82, 2.24) is 0 Å². The van der Waals surface area contributed by atoms with Crippen LogP contribution in [-0.4, -0.2) is 13.3 Å². The van der Waals surface area contributed by atoms with E-state index in [2.05, 4.69) is 6.58 Å². The first-order chi connectivity index (χ1) is 5.96. The molecule has 0 heterocycles. The molecule has 0 atom stereocenters. The Morgan fingerprint density at radius 3 is 2.46 bits per heavy atom. The molecule has 0 saturated heterocycles. The van der Waals surface area contributed by atoms with Gasteiger partial charge in [-0.05, 0) is 19.4 Å². The molecule has 0 spiro atoms. The average Bonchev–Trinajstić information content (AvgIpc) is 2.02. The monoisotopic (exact) mass is 214 g/mol. The Morgan fingerprint density at radius 1 is 1.46 bits per heavy atom. The predicted octanol–water partition coefficient (Wildman–Crippen LogP) is 3.23. The second-order valence-electron chi connectivity index (χ2n) is 3.23. The van der Waals surface area contributed by atoms with Gasteiger partial charge in [0.1, 0.15) is 7.14 Å². The van der Waals surface area contributed by atoms with Gasteiger partial charge in [0.05, 0.1) is 0 Å². The van der Waals surface area contributed by atoms with Gasteiger partial charge in [0, 0.05) is 15.9 Å². The highest BCUT2D eigenvalue weighted by Gasteiger charge is 2.15. The smallest absolute Gasteiger partial charge is 0.110 e. The lowest BCUT2D eigenvalue weighted by Gasteiger charge is -2.11. The van der Waals surface area contributed by atoms with E-state index in [0.717, 1.165) is 10.9 Å². The van der Waals surface area contributed by atoms with Crippen LogP contribution in [0.25, 0.3) is 6.08 Å². The van der Waals surface area contributed by atoms with Crippen molar-refractivity contribution in [2.45, 2.75) is 0 Å². The summed E-state index contributed by atoms with van der Waals surface area (Å²) in [6, 6.07) is 5.42. The van der Waals surface area contributed by atoms with Crippen molar-refractivity contribution in [1.29, 1.82) is 0 Å². The molecule has 0 amide bonds. The molecule has 0 fully saturated rings. The van der Waals surface area contributed by atoms with Crippen molar-refractivity contribution in [3.63, 3.8) is 0 Å². The van der Waals surface area contributed by atoms with Crippen LogP contribution in [-0.2, 0) is 4.57 Å². The Labute approximate surface area is 83.8 Å². The summed E-state index contributed by atoms with van der Waals surface area (Å²) in [5.41, 5.74) is 0.789. The topological polar surface area (TPSA) is 17.1 Å². The van der Waals surface area contributed by atoms with Crippen molar-refractivity contribution in [3.05, 3.63) is 35.4 Å². The van der Waals surface area contributed by atoms with E-state index in [0.29, 0.717) is 5.02 Å². The molecule has 0 saturated carbocycles. The van der Waals surface area contributed by atoms with Crippen LogP contribution in [0.4, 0.5) is 0 Å². The van der Waals surface area contributed by atoms with Gasteiger partial charge in [-0.15, -0.1) is 0 Å². The van der Waals surface area contributed by atoms with Gasteiger partial charge >= 0.3 is 0 Å². The van der Waals surface area contributed by atoms with Crippen molar-refractivity contribution in [3.8, 4) is 0 Å². The normalized spacial score (nSPS) is 11.3. The van der Waals surface area contributed by atoms with Crippen molar-refractivity contribution >= 4 is 30.1 Å². The summed E-state index contributed by atoms with van der Waals surface area (Å²) in [6.07, 6.45) is 1.65. The van der Waals surface area contributed by atoms with Gasteiger partial charge in [-0.2, -0.15) is 0 Å². The third-order valence-corrected chi connectivity index (χ3v) is 3.69. The van der Waals surface area contributed by atoms with Gasteiger partial charge < -0.3 is 4.57 Å². The molecule has 0 aliphatic carbocycles. The first-order valence-electron chi connectivity index (χ1n) is 3.93. The van der Waals surface area contributed by atoms with Crippen LogP contribution in [0.3, 0.4) is 0 Å². The molecule has 0 unspecified atom stereocenters. The van der Waals surface area contributed by atoms with Crippen LogP contribution in [0.1, 0.15) is 5.56 Å². The van der Waals surface area contributed by atoms with E-state index >= 15 is 0 Å². The molecule has 3 heteroatoms. The van der Waals surface area contributed by atoms with Crippen molar-refractivity contribution in [2.24, 2.45) is 0 Å². The van der Waals surface area contributed by atoms with Crippen LogP contribution >= 0.6 is 18.7 Å². The first-order valence-corrected chi connectivity index (χ1v) is 6.91. The number of hydrogen-bond donors (Lipinski definition) is 0. The van der Waals surface area contributed by atoms with Crippen molar-refractivity contribution in [2.75, 3.05) is 13.3 Å². The summed E-state index contributed by atoms with van der Waals surface area (Å²) in [4.78, 5) is 0. The highest BCUT2D eigenvalue weighted by atomic mass is 35.5. The summed E-state index contributed by atoms with van der Waals surface area (Å²) in [7, 11) is -2.25. The Morgan fingerprint density at radius 2 is 2.08 bits per heavy atom. The van der Waals surface area contributed by atoms with E-state index in [9.17, 15) is 4.57 Å². The van der Waals surface area contributed by atoms with Gasteiger partial charge in [-0.25, -0.2) is 0 Å². The highest BCUT2D eigenvalue weighted by molar-refractivity contribution is 7.70. The number of halogens is 1. The van der Waals surface area contributed by atoms with Gasteiger partial charge in [-0.1, -0.05) is 36.4 Å². The average molecular weight is 215 g/mol. The molecule has 13 heavy (non-hydrogen) atoms. The summed E-state index contributed by atoms with van der Waals surface area (Å²) in [6.45, 7) is 7.12. The standard InChI is InChI=1S/C10H12ClOP/c1-4-8-9(11)6-5-7-10(8)13(2,3)12/h4-7H,1H2,2-3H3. The largest absolute Gasteiger partial charge is 0.319 e. The molecule has 70 valence electrons. The Bertz CT molecular complexity index is 379. The third kappa shape index (κ3) is 2.24. The predicted molar refractivity (Wildman–Crippen MR) is 60.6 cm³/mol. The molecular weight excluding hydrogens is 203 g/mol. The van der Waals surface area contributed by atoms with Crippen LogP contribution in [0.15, 0.2) is 24.8 Å². The maximum atomic E-state index is 11.8. The minimum atomic E-state index is -2.25. The molecule has 0 bridgehead atoms. The Balaban J connectivity index is 3.46. The van der Waals surface area contributed by atoms with E-state index < -0.39 is 7.14 Å². The summed E-state index contributed by atoms with van der Waals surface area (Å²) in [5.74, 6) is 0. The fourth-order valence-electron chi connectivity index (χ4n) is 1.20. The minimum absolute atomic E-state index is 0.608. The zero-order valence-electron chi connectivity index (χ0n) is 7.75. The number of hydrogen-bond acceptors (Lipinski definition) is 1. The molecule has 0 radical (unpaired) electrons. The highest BCUT2D eigenvalue weighted by Crippen LogP contribution is 2.37. The van der Waals surface area contributed by atoms with E-state index in [1.807, 2.05) is 12.1 Å². The summed E-state index contributed by atoms with van der Waals surface area (Å²) in [5, 5.41) is 1.41. The lowest BCUT2D eigenvalue weighted by molar-refractivity contribution is 0.588. The SMILES string of the molecule is C=Cc1c(Cl)cccc1P(C)(C)=O. The van der Waals surface area contributed by atoms with Gasteiger partial charge in [-0.3, -0.25) is 0 Å². The lowest BCUT2D eigenvalue weighted by Crippen LogP contribution is -2.07. The zero-order chi connectivity index (χ0) is 10.1. The fourth-order valence-corrected chi connectivity index (χ4v) is 2.75. The van der Waals surface area contributed by atoms with Gasteiger partial charge in [0.25, 0.3) is 0 Å². The summed E-state index contributed by atoms with van der Waals surface area (Å²) < 4.78 is 11.8. The molecule has 0 aliphatic heterocycles. The quantitative estimate of drug-likeness (QED) is 0.691. The molecule has 1 rings (SSSR count). The van der Waals surface area contributed by atoms with E-state index in [1.54, 1.807) is 25.5 Å². The number of rotatable bonds is 2. The Hall–Kier alpha value is -0.520. The van der Waals surface area contributed by atoms with E-state index in [1.165, 1.54) is 0 Å². The molecular formula is C10H12ClOP. The molecule has 0 aromatic heterocycles. The van der Waals surface area contributed by atoms with Crippen LogP contribution < -0.4 is 5.30 Å². The summed E-state index contributed by atoms with van der Waals surface area (Å²) >= 11 is 5.94. The maximum absolute atomic E-state index is 11.8. The second-order valence-corrected chi connectivity index (χ2v) is 6.82. The second kappa shape index (κ2) is 3.69. The molecule has 0 aliphatic rings. The van der Waals surface area contributed by atoms with Gasteiger partial charge in [0.2, 0.25) is 0 Å². The van der Waals surface area contributed by atoms with Crippen LogP contribution in [0.5, 0.6) is 0 Å². The minimum Gasteiger partial charge on any atom is -0.319 e. The van der Waals surface area contributed by atoms with E-state index in [4.69, 9.17) is 11.6 Å². The zero-order valence-corrected chi connectivity index (χ0v) is 9.40. The first kappa shape index (κ1) is 10.6. The van der Waals surface area contributed by atoms with Crippen LogP contribution in [0.2, 0.25) is 5.02 Å². The fraction of sp³-hybridized carbons (Fsp3) is 0.200.